The van der Waals surface area contributed by atoms with Gasteiger partial charge >= 0.3 is 0 Å². The monoisotopic (exact) mass is 395 g/mol. The van der Waals surface area contributed by atoms with Crippen LogP contribution in [0.1, 0.15) is 0 Å². The molecule has 0 saturated heterocycles. The summed E-state index contributed by atoms with van der Waals surface area (Å²) in [6.45, 7) is 0. The van der Waals surface area contributed by atoms with Crippen LogP contribution in [-0.2, 0) is 0 Å². The zero-order valence-corrected chi connectivity index (χ0v) is 15.2. The summed E-state index contributed by atoms with van der Waals surface area (Å²) in [5.74, 6) is 1.34. The first-order valence-electron chi connectivity index (χ1n) is 7.08. The van der Waals surface area contributed by atoms with Crippen LogP contribution < -0.4 is 15.4 Å². The molecule has 9 heteroatoms. The molecule has 0 aliphatic rings. The largest absolute Gasteiger partial charge is 0.495 e. The first-order chi connectivity index (χ1) is 12.1. The molecule has 2 aromatic carbocycles. The van der Waals surface area contributed by atoms with E-state index in [1.165, 1.54) is 6.20 Å². The van der Waals surface area contributed by atoms with E-state index in [-0.39, 0.29) is 5.95 Å². The van der Waals surface area contributed by atoms with Crippen molar-refractivity contribution in [2.24, 2.45) is 0 Å². The molecule has 0 aliphatic heterocycles. The minimum atomic E-state index is 0.272. The summed E-state index contributed by atoms with van der Waals surface area (Å²) in [6.07, 6.45) is 1.49. The molecular weight excluding hydrogens is 385 g/mol. The van der Waals surface area contributed by atoms with Crippen molar-refractivity contribution in [3.8, 4) is 5.75 Å². The maximum Gasteiger partial charge on any atom is 0.249 e. The number of hydrogen-bond donors (Lipinski definition) is 2. The Kier molecular flexibility index (Phi) is 5.43. The van der Waals surface area contributed by atoms with E-state index in [9.17, 15) is 0 Å². The van der Waals surface area contributed by atoms with E-state index in [4.69, 9.17) is 39.5 Å². The smallest absolute Gasteiger partial charge is 0.249 e. The fraction of sp³-hybridized carbons (Fsp3) is 0.0625. The Labute approximate surface area is 159 Å². The Hall–Kier alpha value is -2.28. The molecule has 6 nitrogen and oxygen atoms in total. The number of halogens is 3. The van der Waals surface area contributed by atoms with E-state index >= 15 is 0 Å². The predicted molar refractivity (Wildman–Crippen MR) is 101 cm³/mol. The van der Waals surface area contributed by atoms with Crippen molar-refractivity contribution >= 4 is 57.9 Å². The second-order valence-corrected chi connectivity index (χ2v) is 6.06. The third kappa shape index (κ3) is 4.22. The first-order valence-corrected chi connectivity index (χ1v) is 8.21. The van der Waals surface area contributed by atoms with E-state index in [2.05, 4.69) is 25.8 Å². The Morgan fingerprint density at radius 3 is 2.60 bits per heavy atom. The van der Waals surface area contributed by atoms with Crippen LogP contribution in [0.4, 0.5) is 23.1 Å². The van der Waals surface area contributed by atoms with Crippen LogP contribution in [0.5, 0.6) is 5.75 Å². The highest BCUT2D eigenvalue weighted by Crippen LogP contribution is 2.31. The van der Waals surface area contributed by atoms with Gasteiger partial charge in [0.05, 0.1) is 34.1 Å². The highest BCUT2D eigenvalue weighted by Gasteiger charge is 2.08. The van der Waals surface area contributed by atoms with Gasteiger partial charge in [-0.3, -0.25) is 0 Å². The summed E-state index contributed by atoms with van der Waals surface area (Å²) >= 11 is 18.3. The Morgan fingerprint density at radius 1 is 1.00 bits per heavy atom. The molecule has 0 aliphatic carbocycles. The minimum Gasteiger partial charge on any atom is -0.495 e. The number of nitrogens with one attached hydrogen (secondary N) is 2. The van der Waals surface area contributed by atoms with Gasteiger partial charge in [0.2, 0.25) is 5.95 Å². The Bertz CT molecular complexity index is 907. The Morgan fingerprint density at radius 2 is 1.84 bits per heavy atom. The summed E-state index contributed by atoms with van der Waals surface area (Å²) in [4.78, 5) is 4.33. The van der Waals surface area contributed by atoms with E-state index in [1.807, 2.05) is 6.07 Å². The number of anilines is 4. The highest BCUT2D eigenvalue weighted by atomic mass is 35.5. The normalized spacial score (nSPS) is 10.4. The molecule has 0 saturated carbocycles. The fourth-order valence-corrected chi connectivity index (χ4v) is 2.64. The van der Waals surface area contributed by atoms with Crippen molar-refractivity contribution in [3.05, 3.63) is 57.7 Å². The quantitative estimate of drug-likeness (QED) is 0.607. The average Bonchev–Trinajstić information content (AvgIpc) is 2.60. The highest BCUT2D eigenvalue weighted by molar-refractivity contribution is 6.43. The van der Waals surface area contributed by atoms with Crippen molar-refractivity contribution in [1.82, 2.24) is 15.2 Å². The molecule has 0 unspecified atom stereocenters. The number of methoxy groups -OCH3 is 1. The summed E-state index contributed by atoms with van der Waals surface area (Å²) in [6, 6.07) is 10.5. The van der Waals surface area contributed by atoms with Gasteiger partial charge in [0.25, 0.3) is 0 Å². The zero-order valence-electron chi connectivity index (χ0n) is 12.9. The maximum absolute atomic E-state index is 6.15. The molecule has 25 heavy (non-hydrogen) atoms. The van der Waals surface area contributed by atoms with Crippen LogP contribution in [0.25, 0.3) is 0 Å². The SMILES string of the molecule is COc1ccc(Nc2cnnc(Nc3cccc(Cl)c3Cl)n2)cc1Cl. The molecule has 0 atom stereocenters. The molecule has 0 spiro atoms. The summed E-state index contributed by atoms with van der Waals surface area (Å²) in [5, 5.41) is 15.2. The summed E-state index contributed by atoms with van der Waals surface area (Å²) < 4.78 is 5.13. The van der Waals surface area contributed by atoms with Gasteiger partial charge in [0.1, 0.15) is 5.75 Å². The molecule has 0 bridgehead atoms. The number of aromatic nitrogens is 3. The van der Waals surface area contributed by atoms with Gasteiger partial charge in [0.15, 0.2) is 5.82 Å². The van der Waals surface area contributed by atoms with Gasteiger partial charge in [0, 0.05) is 5.69 Å². The van der Waals surface area contributed by atoms with Gasteiger partial charge in [-0.15, -0.1) is 5.10 Å². The third-order valence-corrected chi connectivity index (χ3v) is 4.30. The van der Waals surface area contributed by atoms with Crippen molar-refractivity contribution in [1.29, 1.82) is 0 Å². The van der Waals surface area contributed by atoms with Gasteiger partial charge in [-0.25, -0.2) is 0 Å². The standard InChI is InChI=1S/C16H12Cl3N5O/c1-25-13-6-5-9(7-11(13)18)21-14-8-20-24-16(23-14)22-12-4-2-3-10(17)15(12)19/h2-8H,1H3,(H2,21,22,23,24). The lowest BCUT2D eigenvalue weighted by Gasteiger charge is -2.10. The number of nitrogens with zero attached hydrogens (tertiary/aromatic N) is 3. The van der Waals surface area contributed by atoms with Crippen LogP contribution in [-0.4, -0.2) is 22.3 Å². The van der Waals surface area contributed by atoms with Crippen molar-refractivity contribution < 1.29 is 4.74 Å². The molecule has 0 fully saturated rings. The van der Waals surface area contributed by atoms with E-state index in [1.54, 1.807) is 37.4 Å². The number of hydrogen-bond acceptors (Lipinski definition) is 6. The minimum absolute atomic E-state index is 0.272. The molecule has 2 N–H and O–H groups in total. The molecule has 0 radical (unpaired) electrons. The molecule has 128 valence electrons. The average molecular weight is 397 g/mol. The van der Waals surface area contributed by atoms with Gasteiger partial charge in [-0.2, -0.15) is 10.1 Å². The molecule has 3 rings (SSSR count). The lowest BCUT2D eigenvalue weighted by molar-refractivity contribution is 0.415. The van der Waals surface area contributed by atoms with E-state index < -0.39 is 0 Å². The van der Waals surface area contributed by atoms with Crippen LogP contribution in [0, 0.1) is 0 Å². The van der Waals surface area contributed by atoms with Crippen LogP contribution >= 0.6 is 34.8 Å². The van der Waals surface area contributed by atoms with Gasteiger partial charge < -0.3 is 15.4 Å². The third-order valence-electron chi connectivity index (χ3n) is 3.18. The first kappa shape index (κ1) is 17.5. The van der Waals surface area contributed by atoms with Crippen LogP contribution in [0.2, 0.25) is 15.1 Å². The lowest BCUT2D eigenvalue weighted by atomic mass is 10.3. The van der Waals surface area contributed by atoms with Crippen molar-refractivity contribution in [2.75, 3.05) is 17.7 Å². The van der Waals surface area contributed by atoms with Crippen molar-refractivity contribution in [3.63, 3.8) is 0 Å². The molecule has 0 amide bonds. The zero-order chi connectivity index (χ0) is 17.8. The molecule has 1 heterocycles. The second kappa shape index (κ2) is 7.74. The predicted octanol–water partition coefficient (Wildman–Crippen LogP) is 5.33. The van der Waals surface area contributed by atoms with E-state index in [0.29, 0.717) is 32.3 Å². The number of rotatable bonds is 5. The van der Waals surface area contributed by atoms with Crippen LogP contribution in [0.15, 0.2) is 42.6 Å². The second-order valence-electron chi connectivity index (χ2n) is 4.87. The lowest BCUT2D eigenvalue weighted by Crippen LogP contribution is -2.02. The molecular formula is C16H12Cl3N5O. The Balaban J connectivity index is 1.79. The van der Waals surface area contributed by atoms with E-state index in [0.717, 1.165) is 5.69 Å². The number of benzene rings is 2. The topological polar surface area (TPSA) is 72.0 Å². The van der Waals surface area contributed by atoms with Crippen LogP contribution in [0.3, 0.4) is 0 Å². The summed E-state index contributed by atoms with van der Waals surface area (Å²) in [5.41, 5.74) is 1.32. The number of ether oxygens (including phenoxy) is 1. The van der Waals surface area contributed by atoms with Gasteiger partial charge in [-0.05, 0) is 30.3 Å². The fourth-order valence-electron chi connectivity index (χ4n) is 2.03. The molecule has 3 aromatic rings. The molecule has 1 aromatic heterocycles. The maximum atomic E-state index is 6.15. The van der Waals surface area contributed by atoms with Crippen molar-refractivity contribution in [2.45, 2.75) is 0 Å². The summed E-state index contributed by atoms with van der Waals surface area (Å²) in [7, 11) is 1.56. The van der Waals surface area contributed by atoms with Gasteiger partial charge in [-0.1, -0.05) is 40.9 Å².